The van der Waals surface area contributed by atoms with Gasteiger partial charge in [-0.2, -0.15) is 23.4 Å². The van der Waals surface area contributed by atoms with Crippen molar-refractivity contribution in [2.45, 2.75) is 40.0 Å². The van der Waals surface area contributed by atoms with Gasteiger partial charge in [-0.05, 0) is 44.0 Å². The van der Waals surface area contributed by atoms with Crippen molar-refractivity contribution in [3.05, 3.63) is 64.7 Å². The summed E-state index contributed by atoms with van der Waals surface area (Å²) in [5, 5.41) is 11.2. The minimum absolute atomic E-state index is 0.0610. The van der Waals surface area contributed by atoms with Crippen LogP contribution in [0.5, 0.6) is 0 Å². The zero-order chi connectivity index (χ0) is 20.5. The second-order valence-electron chi connectivity index (χ2n) is 6.67. The van der Waals surface area contributed by atoms with Crippen molar-refractivity contribution in [3.63, 3.8) is 0 Å². The van der Waals surface area contributed by atoms with E-state index in [9.17, 15) is 18.0 Å². The zero-order valence-electron chi connectivity index (χ0n) is 15.7. The minimum Gasteiger partial charge on any atom is -0.321 e. The Morgan fingerprint density at radius 1 is 1.21 bits per heavy atom. The summed E-state index contributed by atoms with van der Waals surface area (Å²) >= 11 is 0. The average Bonchev–Trinajstić information content (AvgIpc) is 3.12. The number of benzene rings is 1. The average molecular weight is 391 g/mol. The first-order chi connectivity index (χ1) is 13.1. The summed E-state index contributed by atoms with van der Waals surface area (Å²) in [5.41, 5.74) is 2.55. The van der Waals surface area contributed by atoms with Crippen molar-refractivity contribution < 1.29 is 18.0 Å². The lowest BCUT2D eigenvalue weighted by Crippen LogP contribution is -2.19. The number of hydrogen-bond donors (Lipinski definition) is 1. The van der Waals surface area contributed by atoms with Crippen molar-refractivity contribution in [3.8, 4) is 0 Å². The van der Waals surface area contributed by atoms with E-state index in [1.165, 1.54) is 10.7 Å². The minimum atomic E-state index is -4.39. The fraction of sp³-hybridized carbons (Fsp3) is 0.316. The Morgan fingerprint density at radius 2 is 1.96 bits per heavy atom. The Hall–Kier alpha value is -3.10. The van der Waals surface area contributed by atoms with Crippen LogP contribution in [0.3, 0.4) is 0 Å². The van der Waals surface area contributed by atoms with Gasteiger partial charge in [0.2, 0.25) is 5.91 Å². The topological polar surface area (TPSA) is 64.7 Å². The molecule has 0 spiro atoms. The molecule has 2 heterocycles. The zero-order valence-corrected chi connectivity index (χ0v) is 15.7. The van der Waals surface area contributed by atoms with Gasteiger partial charge in [0.1, 0.15) is 6.54 Å². The van der Waals surface area contributed by atoms with Crippen molar-refractivity contribution in [2.24, 2.45) is 0 Å². The molecule has 28 heavy (non-hydrogen) atoms. The molecule has 0 radical (unpaired) electrons. The van der Waals surface area contributed by atoms with Crippen LogP contribution in [0.1, 0.15) is 28.1 Å². The van der Waals surface area contributed by atoms with Gasteiger partial charge in [0.15, 0.2) is 0 Å². The first-order valence-corrected chi connectivity index (χ1v) is 8.62. The van der Waals surface area contributed by atoms with E-state index in [4.69, 9.17) is 0 Å². The molecule has 9 heteroatoms. The number of anilines is 1. The highest BCUT2D eigenvalue weighted by atomic mass is 19.4. The number of aromatic nitrogens is 4. The molecule has 1 aromatic carbocycles. The number of rotatable bonds is 5. The summed E-state index contributed by atoms with van der Waals surface area (Å²) in [5.74, 6) is -0.257. The second-order valence-corrected chi connectivity index (χ2v) is 6.67. The van der Waals surface area contributed by atoms with Crippen LogP contribution in [0.4, 0.5) is 18.9 Å². The third kappa shape index (κ3) is 4.41. The molecule has 0 aliphatic heterocycles. The third-order valence-electron chi connectivity index (χ3n) is 4.30. The lowest BCUT2D eigenvalue weighted by Gasteiger charge is -2.10. The molecule has 0 aliphatic rings. The van der Waals surface area contributed by atoms with Crippen LogP contribution >= 0.6 is 0 Å². The summed E-state index contributed by atoms with van der Waals surface area (Å²) in [6.45, 7) is 5.62. The molecular weight excluding hydrogens is 371 g/mol. The molecule has 0 aliphatic carbocycles. The van der Waals surface area contributed by atoms with Gasteiger partial charge in [-0.25, -0.2) is 0 Å². The van der Waals surface area contributed by atoms with Crippen LogP contribution in [0, 0.1) is 20.8 Å². The van der Waals surface area contributed by atoms with Crippen LogP contribution in [0.2, 0.25) is 0 Å². The summed E-state index contributed by atoms with van der Waals surface area (Å²) < 4.78 is 41.8. The summed E-state index contributed by atoms with van der Waals surface area (Å²) in [4.78, 5) is 12.3. The van der Waals surface area contributed by atoms with Crippen LogP contribution in [-0.2, 0) is 24.1 Å². The monoisotopic (exact) mass is 391 g/mol. The number of carbonyl (C=O) groups is 1. The number of nitrogens with one attached hydrogen (secondary N) is 1. The number of hydrogen-bond acceptors (Lipinski definition) is 3. The van der Waals surface area contributed by atoms with E-state index in [-0.39, 0.29) is 19.0 Å². The molecule has 0 bridgehead atoms. The summed E-state index contributed by atoms with van der Waals surface area (Å²) in [6, 6.07) is 5.13. The van der Waals surface area contributed by atoms with Crippen LogP contribution in [0.25, 0.3) is 0 Å². The number of alkyl halides is 3. The Bertz CT molecular complexity index is 1000. The molecule has 3 rings (SSSR count). The molecule has 6 nitrogen and oxygen atoms in total. The summed E-state index contributed by atoms with van der Waals surface area (Å²) in [6.07, 6.45) is -0.970. The molecule has 1 amide bonds. The molecule has 3 aromatic rings. The van der Waals surface area contributed by atoms with E-state index < -0.39 is 11.7 Å². The van der Waals surface area contributed by atoms with Crippen molar-refractivity contribution in [2.75, 3.05) is 5.32 Å². The molecule has 1 N–H and O–H groups in total. The van der Waals surface area contributed by atoms with Gasteiger partial charge in [0, 0.05) is 6.20 Å². The van der Waals surface area contributed by atoms with Crippen molar-refractivity contribution in [1.29, 1.82) is 0 Å². The van der Waals surface area contributed by atoms with Crippen LogP contribution in [-0.4, -0.2) is 25.5 Å². The van der Waals surface area contributed by atoms with E-state index in [1.807, 2.05) is 6.92 Å². The van der Waals surface area contributed by atoms with Gasteiger partial charge >= 0.3 is 6.18 Å². The van der Waals surface area contributed by atoms with Gasteiger partial charge in [-0.3, -0.25) is 14.2 Å². The van der Waals surface area contributed by atoms with Crippen molar-refractivity contribution in [1.82, 2.24) is 19.6 Å². The van der Waals surface area contributed by atoms with Crippen molar-refractivity contribution >= 4 is 11.6 Å². The molecule has 2 aromatic heterocycles. The molecule has 0 saturated carbocycles. The smallest absolute Gasteiger partial charge is 0.321 e. The fourth-order valence-electron chi connectivity index (χ4n) is 2.93. The largest absolute Gasteiger partial charge is 0.416 e. The maximum atomic E-state index is 12.9. The number of amides is 1. The van der Waals surface area contributed by atoms with E-state index in [2.05, 4.69) is 15.5 Å². The standard InChI is InChI=1S/C19H20F3N5O/c1-12-8-23-26(9-12)11-17(28)24-18-13(2)25-27(14(18)3)10-15-5-4-6-16(7-15)19(20,21)22/h4-9H,10-11H2,1-3H3,(H,24,28). The SMILES string of the molecule is Cc1cnn(CC(=O)Nc2c(C)nn(Cc3cccc(C(F)(F)F)c3)c2C)c1. The summed E-state index contributed by atoms with van der Waals surface area (Å²) in [7, 11) is 0. The fourth-order valence-corrected chi connectivity index (χ4v) is 2.93. The maximum Gasteiger partial charge on any atom is 0.416 e. The first kappa shape index (κ1) is 19.7. The van der Waals surface area contributed by atoms with E-state index >= 15 is 0 Å². The van der Waals surface area contributed by atoms with E-state index in [0.29, 0.717) is 22.6 Å². The predicted molar refractivity (Wildman–Crippen MR) is 97.8 cm³/mol. The number of halogens is 3. The van der Waals surface area contributed by atoms with Gasteiger partial charge in [0.25, 0.3) is 0 Å². The molecule has 0 unspecified atom stereocenters. The van der Waals surface area contributed by atoms with Gasteiger partial charge in [-0.15, -0.1) is 0 Å². The quantitative estimate of drug-likeness (QED) is 0.721. The Kier molecular flexibility index (Phi) is 5.26. The van der Waals surface area contributed by atoms with Gasteiger partial charge < -0.3 is 5.32 Å². The molecule has 0 saturated heterocycles. The normalized spacial score (nSPS) is 11.6. The molecular formula is C19H20F3N5O. The van der Waals surface area contributed by atoms with Gasteiger partial charge in [-0.1, -0.05) is 12.1 Å². The highest BCUT2D eigenvalue weighted by molar-refractivity contribution is 5.91. The highest BCUT2D eigenvalue weighted by Crippen LogP contribution is 2.30. The molecule has 148 valence electrons. The third-order valence-corrected chi connectivity index (χ3v) is 4.30. The van der Waals surface area contributed by atoms with E-state index in [0.717, 1.165) is 17.7 Å². The number of aryl methyl sites for hydroxylation is 2. The first-order valence-electron chi connectivity index (χ1n) is 8.62. The predicted octanol–water partition coefficient (Wildman–Crippen LogP) is 3.71. The molecule has 0 atom stereocenters. The highest BCUT2D eigenvalue weighted by Gasteiger charge is 2.30. The Labute approximate surface area is 160 Å². The van der Waals surface area contributed by atoms with Gasteiger partial charge in [0.05, 0.1) is 35.4 Å². The maximum absolute atomic E-state index is 12.9. The molecule has 0 fully saturated rings. The Morgan fingerprint density at radius 3 is 2.61 bits per heavy atom. The lowest BCUT2D eigenvalue weighted by molar-refractivity contribution is -0.137. The second kappa shape index (κ2) is 7.49. The van der Waals surface area contributed by atoms with Crippen LogP contribution < -0.4 is 5.32 Å². The number of nitrogens with zero attached hydrogens (tertiary/aromatic N) is 4. The van der Waals surface area contributed by atoms with E-state index in [1.54, 1.807) is 37.0 Å². The lowest BCUT2D eigenvalue weighted by atomic mass is 10.1. The van der Waals surface area contributed by atoms with Crippen LogP contribution in [0.15, 0.2) is 36.7 Å². The number of carbonyl (C=O) groups excluding carboxylic acids is 1. The Balaban J connectivity index is 1.75.